The van der Waals surface area contributed by atoms with E-state index in [-0.39, 0.29) is 42.2 Å². The fourth-order valence-electron chi connectivity index (χ4n) is 2.90. The molecule has 1 fully saturated rings. The summed E-state index contributed by atoms with van der Waals surface area (Å²) in [6.07, 6.45) is 6.94. The monoisotopic (exact) mass is 492 g/mol. The summed E-state index contributed by atoms with van der Waals surface area (Å²) in [5.74, 6) is 0.675. The molecule has 1 saturated carbocycles. The molecule has 1 aromatic rings. The number of carbonyl (C=O) groups is 1. The van der Waals surface area contributed by atoms with Crippen LogP contribution in [-0.4, -0.2) is 47.6 Å². The highest BCUT2D eigenvalue weighted by atomic mass is 127. The summed E-state index contributed by atoms with van der Waals surface area (Å²) < 4.78 is 0. The molecule has 4 N–H and O–H groups in total. The van der Waals surface area contributed by atoms with E-state index in [1.54, 1.807) is 12.1 Å². The summed E-state index contributed by atoms with van der Waals surface area (Å²) in [6.45, 7) is 2.82. The van der Waals surface area contributed by atoms with Crippen LogP contribution in [-0.2, 0) is 4.79 Å². The molecule has 0 saturated heterocycles. The Balaban J connectivity index is 0.00000338. The Morgan fingerprint density at radius 1 is 1.31 bits per heavy atom. The Labute approximate surface area is 177 Å². The van der Waals surface area contributed by atoms with E-state index in [9.17, 15) is 9.90 Å². The van der Waals surface area contributed by atoms with Crippen molar-refractivity contribution in [1.82, 2.24) is 10.6 Å². The van der Waals surface area contributed by atoms with Gasteiger partial charge in [-0.1, -0.05) is 6.42 Å². The highest BCUT2D eigenvalue weighted by Crippen LogP contribution is 2.26. The molecule has 6 nitrogen and oxygen atoms in total. The van der Waals surface area contributed by atoms with E-state index in [0.29, 0.717) is 22.9 Å². The van der Waals surface area contributed by atoms with Gasteiger partial charge < -0.3 is 21.1 Å². The van der Waals surface area contributed by atoms with Crippen LogP contribution in [0.3, 0.4) is 0 Å². The lowest BCUT2D eigenvalue weighted by molar-refractivity contribution is -0.114. The number of nitrogens with one attached hydrogen (secondary N) is 3. The smallest absolute Gasteiger partial charge is 0.246 e. The highest BCUT2D eigenvalue weighted by Gasteiger charge is 2.21. The van der Waals surface area contributed by atoms with Crippen LogP contribution in [0.15, 0.2) is 29.3 Å². The standard InChI is InChI=1S/C18H28N4O2S.HI/c1-3-19-18(22-14-5-4-6-16(11-14)25-2)20-12-17(24)21-13-7-9-15(23)10-8-13;/h7-10,14,16,23H,3-6,11-12H2,1-2H3,(H,21,24)(H2,19,20,22);1H. The predicted octanol–water partition coefficient (Wildman–Crippen LogP) is 3.18. The third kappa shape index (κ3) is 8.03. The van der Waals surface area contributed by atoms with Crippen molar-refractivity contribution in [2.75, 3.05) is 24.7 Å². The van der Waals surface area contributed by atoms with Crippen molar-refractivity contribution in [3.8, 4) is 5.75 Å². The molecule has 0 heterocycles. The Kier molecular flexibility index (Phi) is 10.8. The number of anilines is 1. The SMILES string of the molecule is CCNC(=NCC(=O)Nc1ccc(O)cc1)NC1CCCC(SC)C1.I. The molecule has 1 aromatic carbocycles. The van der Waals surface area contributed by atoms with Crippen molar-refractivity contribution in [2.45, 2.75) is 43.9 Å². The molecule has 0 radical (unpaired) electrons. The first-order chi connectivity index (χ1) is 12.1. The third-order valence-electron chi connectivity index (χ3n) is 4.18. The number of amides is 1. The molecule has 146 valence electrons. The van der Waals surface area contributed by atoms with Crippen molar-refractivity contribution >= 4 is 53.3 Å². The molecule has 2 atom stereocenters. The Hall–Kier alpha value is -1.16. The summed E-state index contributed by atoms with van der Waals surface area (Å²) in [5.41, 5.74) is 0.644. The molecule has 2 unspecified atom stereocenters. The lowest BCUT2D eigenvalue weighted by Crippen LogP contribution is -2.46. The summed E-state index contributed by atoms with van der Waals surface area (Å²) in [5, 5.41) is 19.4. The van der Waals surface area contributed by atoms with Gasteiger partial charge in [-0.2, -0.15) is 11.8 Å². The first-order valence-corrected chi connectivity index (χ1v) is 10.1. The van der Waals surface area contributed by atoms with Crippen LogP contribution in [0.5, 0.6) is 5.75 Å². The number of phenols is 1. The van der Waals surface area contributed by atoms with Crippen LogP contribution in [0.1, 0.15) is 32.6 Å². The van der Waals surface area contributed by atoms with Gasteiger partial charge in [0.1, 0.15) is 12.3 Å². The summed E-state index contributed by atoms with van der Waals surface area (Å²) >= 11 is 1.93. The van der Waals surface area contributed by atoms with Gasteiger partial charge in [-0.25, -0.2) is 4.99 Å². The average Bonchev–Trinajstić information content (AvgIpc) is 2.62. The Morgan fingerprint density at radius 2 is 2.04 bits per heavy atom. The molecule has 1 aliphatic carbocycles. The maximum atomic E-state index is 12.1. The van der Waals surface area contributed by atoms with Crippen LogP contribution in [0, 0.1) is 0 Å². The predicted molar refractivity (Wildman–Crippen MR) is 121 cm³/mol. The molecule has 1 aliphatic rings. The maximum Gasteiger partial charge on any atom is 0.246 e. The van der Waals surface area contributed by atoms with E-state index in [2.05, 4.69) is 27.2 Å². The Bertz CT molecular complexity index is 583. The van der Waals surface area contributed by atoms with Crippen LogP contribution in [0.25, 0.3) is 0 Å². The molecule has 0 aliphatic heterocycles. The lowest BCUT2D eigenvalue weighted by atomic mass is 9.95. The van der Waals surface area contributed by atoms with Crippen LogP contribution >= 0.6 is 35.7 Å². The Morgan fingerprint density at radius 3 is 2.69 bits per heavy atom. The molecule has 0 spiro atoms. The number of thioether (sulfide) groups is 1. The zero-order valence-electron chi connectivity index (χ0n) is 15.3. The largest absolute Gasteiger partial charge is 0.508 e. The van der Waals surface area contributed by atoms with Crippen LogP contribution in [0.4, 0.5) is 5.69 Å². The molecule has 8 heteroatoms. The fraction of sp³-hybridized carbons (Fsp3) is 0.556. The van der Waals surface area contributed by atoms with Crippen molar-refractivity contribution in [3.05, 3.63) is 24.3 Å². The maximum absolute atomic E-state index is 12.1. The van der Waals surface area contributed by atoms with E-state index in [0.717, 1.165) is 19.4 Å². The van der Waals surface area contributed by atoms with E-state index in [4.69, 9.17) is 0 Å². The number of halogens is 1. The minimum atomic E-state index is -0.187. The number of hydrogen-bond donors (Lipinski definition) is 4. The van der Waals surface area contributed by atoms with Gasteiger partial charge in [0, 0.05) is 23.5 Å². The van der Waals surface area contributed by atoms with Gasteiger partial charge in [0.25, 0.3) is 0 Å². The second kappa shape index (κ2) is 12.3. The summed E-state index contributed by atoms with van der Waals surface area (Å²) in [7, 11) is 0. The number of rotatable bonds is 6. The number of hydrogen-bond acceptors (Lipinski definition) is 4. The summed E-state index contributed by atoms with van der Waals surface area (Å²) in [4.78, 5) is 16.5. The number of guanidine groups is 1. The zero-order chi connectivity index (χ0) is 18.1. The minimum Gasteiger partial charge on any atom is -0.508 e. The average molecular weight is 492 g/mol. The van der Waals surface area contributed by atoms with Crippen LogP contribution in [0.2, 0.25) is 0 Å². The number of carbonyl (C=O) groups excluding carboxylic acids is 1. The number of aliphatic imine (C=N–C) groups is 1. The molecular weight excluding hydrogens is 463 g/mol. The number of nitrogens with zero attached hydrogens (tertiary/aromatic N) is 1. The van der Waals surface area contributed by atoms with Gasteiger partial charge >= 0.3 is 0 Å². The lowest BCUT2D eigenvalue weighted by Gasteiger charge is -2.29. The fourth-order valence-corrected chi connectivity index (χ4v) is 3.73. The third-order valence-corrected chi connectivity index (χ3v) is 5.27. The van der Waals surface area contributed by atoms with Gasteiger partial charge in [0.05, 0.1) is 0 Å². The van der Waals surface area contributed by atoms with Gasteiger partial charge in [0.15, 0.2) is 5.96 Å². The molecule has 0 bridgehead atoms. The van der Waals surface area contributed by atoms with Gasteiger partial charge in [-0.05, 0) is 56.7 Å². The van der Waals surface area contributed by atoms with E-state index in [1.165, 1.54) is 25.0 Å². The van der Waals surface area contributed by atoms with Crippen LogP contribution < -0.4 is 16.0 Å². The first-order valence-electron chi connectivity index (χ1n) is 8.77. The zero-order valence-corrected chi connectivity index (χ0v) is 18.5. The van der Waals surface area contributed by atoms with Gasteiger partial charge in [-0.3, -0.25) is 4.79 Å². The minimum absolute atomic E-state index is 0. The molecule has 2 rings (SSSR count). The topological polar surface area (TPSA) is 85.8 Å². The normalized spacial score (nSPS) is 20.0. The van der Waals surface area contributed by atoms with Crippen molar-refractivity contribution in [3.63, 3.8) is 0 Å². The highest BCUT2D eigenvalue weighted by molar-refractivity contribution is 14.0. The second-order valence-corrected chi connectivity index (χ2v) is 7.29. The van der Waals surface area contributed by atoms with Crippen molar-refractivity contribution in [1.29, 1.82) is 0 Å². The van der Waals surface area contributed by atoms with Gasteiger partial charge in [-0.15, -0.1) is 24.0 Å². The molecular formula is C18H29IN4O2S. The number of benzene rings is 1. The van der Waals surface area contributed by atoms with E-state index >= 15 is 0 Å². The molecule has 1 amide bonds. The second-order valence-electron chi connectivity index (χ2n) is 6.16. The van der Waals surface area contributed by atoms with Crippen molar-refractivity contribution in [2.24, 2.45) is 4.99 Å². The number of phenolic OH excluding ortho intramolecular Hbond substituents is 1. The van der Waals surface area contributed by atoms with Gasteiger partial charge in [0.2, 0.25) is 5.91 Å². The quantitative estimate of drug-likeness (QED) is 0.212. The van der Waals surface area contributed by atoms with E-state index < -0.39 is 0 Å². The van der Waals surface area contributed by atoms with Crippen molar-refractivity contribution < 1.29 is 9.90 Å². The number of aromatic hydroxyl groups is 1. The van der Waals surface area contributed by atoms with E-state index in [1.807, 2.05) is 18.7 Å². The molecule has 26 heavy (non-hydrogen) atoms. The first kappa shape index (κ1) is 22.9. The summed E-state index contributed by atoms with van der Waals surface area (Å²) in [6, 6.07) is 6.80. The molecule has 0 aromatic heterocycles.